The van der Waals surface area contributed by atoms with Gasteiger partial charge in [-0.05, 0) is 51.8 Å². The molecule has 4 nitrogen and oxygen atoms in total. The molecule has 5 heteroatoms. The van der Waals surface area contributed by atoms with Crippen molar-refractivity contribution in [2.24, 2.45) is 4.99 Å². The summed E-state index contributed by atoms with van der Waals surface area (Å²) in [4.78, 5) is 18.3. The Balaban J connectivity index is 1.92. The van der Waals surface area contributed by atoms with Crippen LogP contribution in [-0.4, -0.2) is 26.0 Å². The number of anilines is 1. The Morgan fingerprint density at radius 2 is 1.87 bits per heavy atom. The van der Waals surface area contributed by atoms with Gasteiger partial charge in [0.25, 0.3) is 0 Å². The Morgan fingerprint density at radius 3 is 2.52 bits per heavy atom. The average Bonchev–Trinajstić information content (AvgIpc) is 2.89. The van der Waals surface area contributed by atoms with Crippen molar-refractivity contribution in [2.75, 3.05) is 19.0 Å². The number of rotatable bonds is 3. The third-order valence-electron chi connectivity index (χ3n) is 3.40. The normalized spacial score (nSPS) is 15.5. The van der Waals surface area contributed by atoms with Gasteiger partial charge in [-0.3, -0.25) is 0 Å². The second kappa shape index (κ2) is 6.38. The Morgan fingerprint density at radius 1 is 1.13 bits per heavy atom. The molecule has 0 aliphatic carbocycles. The average molecular weight is 371 g/mol. The van der Waals surface area contributed by atoms with E-state index in [0.717, 1.165) is 21.3 Å². The van der Waals surface area contributed by atoms with Crippen LogP contribution in [0.15, 0.2) is 63.7 Å². The summed E-state index contributed by atoms with van der Waals surface area (Å²) in [6, 6.07) is 15.3. The maximum Gasteiger partial charge on any atom is 0.363 e. The molecule has 0 unspecified atom stereocenters. The van der Waals surface area contributed by atoms with Crippen LogP contribution in [0.5, 0.6) is 0 Å². The molecule has 0 bridgehead atoms. The Hall–Kier alpha value is -2.40. The zero-order valence-corrected chi connectivity index (χ0v) is 14.4. The van der Waals surface area contributed by atoms with Gasteiger partial charge in [-0.25, -0.2) is 9.79 Å². The van der Waals surface area contributed by atoms with E-state index >= 15 is 0 Å². The van der Waals surface area contributed by atoms with E-state index in [0.29, 0.717) is 11.6 Å². The molecule has 0 radical (unpaired) electrons. The van der Waals surface area contributed by atoms with E-state index in [1.165, 1.54) is 0 Å². The molecule has 0 N–H and O–H groups in total. The van der Waals surface area contributed by atoms with Crippen LogP contribution in [0.25, 0.3) is 6.08 Å². The summed E-state index contributed by atoms with van der Waals surface area (Å²) in [5, 5.41) is 0. The standard InChI is InChI=1S/C18H15BrN2O2/c1-21(2)16-9-8-12(10-14(16)19)11-15-18(22)23-17(20-15)13-6-4-3-5-7-13/h3-11H,1-2H3/b15-11-. The molecular weight excluding hydrogens is 356 g/mol. The number of ether oxygens (including phenoxy) is 1. The van der Waals surface area contributed by atoms with Gasteiger partial charge in [-0.1, -0.05) is 24.3 Å². The lowest BCUT2D eigenvalue weighted by Crippen LogP contribution is -2.09. The Kier molecular flexibility index (Phi) is 4.30. The summed E-state index contributed by atoms with van der Waals surface area (Å²) in [7, 11) is 3.95. The van der Waals surface area contributed by atoms with Gasteiger partial charge in [-0.2, -0.15) is 0 Å². The van der Waals surface area contributed by atoms with E-state index in [1.54, 1.807) is 6.08 Å². The fourth-order valence-corrected chi connectivity index (χ4v) is 3.00. The minimum Gasteiger partial charge on any atom is -0.402 e. The van der Waals surface area contributed by atoms with E-state index in [4.69, 9.17) is 4.74 Å². The summed E-state index contributed by atoms with van der Waals surface area (Å²) in [6.45, 7) is 0. The van der Waals surface area contributed by atoms with Crippen LogP contribution < -0.4 is 4.90 Å². The lowest BCUT2D eigenvalue weighted by atomic mass is 10.1. The molecule has 0 spiro atoms. The molecule has 2 aromatic rings. The SMILES string of the molecule is CN(C)c1ccc(/C=C2\N=C(c3ccccc3)OC2=O)cc1Br. The van der Waals surface area contributed by atoms with Crippen LogP contribution >= 0.6 is 15.9 Å². The van der Waals surface area contributed by atoms with E-state index in [2.05, 4.69) is 20.9 Å². The number of cyclic esters (lactones) is 1. The predicted octanol–water partition coefficient (Wildman–Crippen LogP) is 3.86. The van der Waals surface area contributed by atoms with Crippen molar-refractivity contribution in [1.29, 1.82) is 0 Å². The second-order valence-electron chi connectivity index (χ2n) is 5.31. The molecule has 0 saturated carbocycles. The first-order valence-corrected chi connectivity index (χ1v) is 7.89. The van der Waals surface area contributed by atoms with Gasteiger partial charge in [0.15, 0.2) is 5.70 Å². The molecule has 1 heterocycles. The van der Waals surface area contributed by atoms with Gasteiger partial charge in [0.1, 0.15) is 0 Å². The molecule has 0 aromatic heterocycles. The zero-order valence-electron chi connectivity index (χ0n) is 12.8. The minimum atomic E-state index is -0.434. The third-order valence-corrected chi connectivity index (χ3v) is 4.03. The first-order valence-electron chi connectivity index (χ1n) is 7.09. The molecule has 0 saturated heterocycles. The number of nitrogens with zero attached hydrogens (tertiary/aromatic N) is 2. The molecule has 0 amide bonds. The van der Waals surface area contributed by atoms with Crippen LogP contribution in [0.3, 0.4) is 0 Å². The Bertz CT molecular complexity index is 811. The molecule has 3 rings (SSSR count). The number of benzene rings is 2. The van der Waals surface area contributed by atoms with Crippen molar-refractivity contribution < 1.29 is 9.53 Å². The van der Waals surface area contributed by atoms with Crippen molar-refractivity contribution in [3.05, 3.63) is 69.8 Å². The number of carbonyl (C=O) groups is 1. The molecular formula is C18H15BrN2O2. The predicted molar refractivity (Wildman–Crippen MR) is 95.5 cm³/mol. The summed E-state index contributed by atoms with van der Waals surface area (Å²) in [5.41, 5.74) is 3.03. The molecule has 23 heavy (non-hydrogen) atoms. The second-order valence-corrected chi connectivity index (χ2v) is 6.16. The molecule has 116 valence electrons. The first-order chi connectivity index (χ1) is 11.0. The number of aliphatic imine (C=N–C) groups is 1. The highest BCUT2D eigenvalue weighted by atomic mass is 79.9. The maximum atomic E-state index is 12.0. The topological polar surface area (TPSA) is 41.9 Å². The monoisotopic (exact) mass is 370 g/mol. The van der Waals surface area contributed by atoms with Crippen LogP contribution in [-0.2, 0) is 9.53 Å². The molecule has 2 aromatic carbocycles. The van der Waals surface area contributed by atoms with E-state index in [1.807, 2.05) is 67.5 Å². The number of carbonyl (C=O) groups excluding carboxylic acids is 1. The number of esters is 1. The lowest BCUT2D eigenvalue weighted by Gasteiger charge is -2.14. The lowest BCUT2D eigenvalue weighted by molar-refractivity contribution is -0.129. The first kappa shape index (κ1) is 15.5. The summed E-state index contributed by atoms with van der Waals surface area (Å²) >= 11 is 3.54. The van der Waals surface area contributed by atoms with Crippen LogP contribution in [0, 0.1) is 0 Å². The van der Waals surface area contributed by atoms with Crippen LogP contribution in [0.1, 0.15) is 11.1 Å². The molecule has 1 aliphatic heterocycles. The van der Waals surface area contributed by atoms with Gasteiger partial charge < -0.3 is 9.64 Å². The van der Waals surface area contributed by atoms with Gasteiger partial charge in [-0.15, -0.1) is 0 Å². The van der Waals surface area contributed by atoms with Crippen molar-refractivity contribution in [3.63, 3.8) is 0 Å². The van der Waals surface area contributed by atoms with E-state index in [9.17, 15) is 4.79 Å². The highest BCUT2D eigenvalue weighted by Crippen LogP contribution is 2.27. The highest BCUT2D eigenvalue weighted by Gasteiger charge is 2.23. The van der Waals surface area contributed by atoms with Crippen molar-refractivity contribution in [1.82, 2.24) is 0 Å². The van der Waals surface area contributed by atoms with Crippen LogP contribution in [0.4, 0.5) is 5.69 Å². The van der Waals surface area contributed by atoms with Crippen molar-refractivity contribution in [2.45, 2.75) is 0 Å². The minimum absolute atomic E-state index is 0.299. The summed E-state index contributed by atoms with van der Waals surface area (Å²) in [6.07, 6.45) is 1.72. The Labute approximate surface area is 143 Å². The smallest absolute Gasteiger partial charge is 0.363 e. The fraction of sp³-hybridized carbons (Fsp3) is 0.111. The van der Waals surface area contributed by atoms with Gasteiger partial charge >= 0.3 is 5.97 Å². The molecule has 1 aliphatic rings. The summed E-state index contributed by atoms with van der Waals surface area (Å²) in [5.74, 6) is -0.0949. The largest absolute Gasteiger partial charge is 0.402 e. The van der Waals surface area contributed by atoms with Crippen molar-refractivity contribution >= 4 is 39.6 Å². The number of halogens is 1. The number of hydrogen-bond acceptors (Lipinski definition) is 4. The van der Waals surface area contributed by atoms with Gasteiger partial charge in [0.2, 0.25) is 5.90 Å². The van der Waals surface area contributed by atoms with Crippen molar-refractivity contribution in [3.8, 4) is 0 Å². The fourth-order valence-electron chi connectivity index (χ4n) is 2.25. The zero-order chi connectivity index (χ0) is 16.4. The van der Waals surface area contributed by atoms with Gasteiger partial charge in [0.05, 0.1) is 5.69 Å². The molecule has 0 atom stereocenters. The molecule has 0 fully saturated rings. The third kappa shape index (κ3) is 3.35. The summed E-state index contributed by atoms with van der Waals surface area (Å²) < 4.78 is 6.20. The van der Waals surface area contributed by atoms with E-state index < -0.39 is 5.97 Å². The number of hydrogen-bond donors (Lipinski definition) is 0. The maximum absolute atomic E-state index is 12.0. The van der Waals surface area contributed by atoms with E-state index in [-0.39, 0.29) is 0 Å². The highest BCUT2D eigenvalue weighted by molar-refractivity contribution is 9.10. The van der Waals surface area contributed by atoms with Gasteiger partial charge in [0, 0.05) is 24.1 Å². The quantitative estimate of drug-likeness (QED) is 0.608. The van der Waals surface area contributed by atoms with Crippen LogP contribution in [0.2, 0.25) is 0 Å².